The average Bonchev–Trinajstić information content (AvgIpc) is 2.89. The number of ether oxygens (including phenoxy) is 1. The lowest BCUT2D eigenvalue weighted by atomic mass is 10.1. The third-order valence-corrected chi connectivity index (χ3v) is 3.31. The van der Waals surface area contributed by atoms with E-state index in [0.717, 1.165) is 4.57 Å². The van der Waals surface area contributed by atoms with Crippen LogP contribution < -0.4 is 5.69 Å². The fourth-order valence-corrected chi connectivity index (χ4v) is 2.31. The molecule has 1 aliphatic heterocycles. The van der Waals surface area contributed by atoms with Gasteiger partial charge in [-0.1, -0.05) is 0 Å². The number of alkyl halides is 1. The summed E-state index contributed by atoms with van der Waals surface area (Å²) >= 11 is 0. The molecule has 2 N–H and O–H groups in total. The van der Waals surface area contributed by atoms with E-state index in [2.05, 4.69) is 4.98 Å². The lowest BCUT2D eigenvalue weighted by Crippen LogP contribution is -2.33. The third-order valence-electron chi connectivity index (χ3n) is 3.31. The van der Waals surface area contributed by atoms with Gasteiger partial charge in [-0.2, -0.15) is 4.98 Å². The Kier molecular flexibility index (Phi) is 3.08. The van der Waals surface area contributed by atoms with Gasteiger partial charge < -0.3 is 19.4 Å². The topological polar surface area (TPSA) is 97.7 Å². The Morgan fingerprint density at radius 2 is 2.30 bits per heavy atom. The van der Waals surface area contributed by atoms with Gasteiger partial charge in [0.05, 0.1) is 12.0 Å². The Hall–Kier alpha value is -1.77. The number of aliphatic hydroxyl groups excluding tert-OH is 2. The molecule has 1 unspecified atom stereocenters. The second-order valence-electron chi connectivity index (χ2n) is 4.73. The molecule has 3 rings (SSSR count). The Labute approximate surface area is 112 Å². The second-order valence-corrected chi connectivity index (χ2v) is 4.73. The Balaban J connectivity index is 2.06. The van der Waals surface area contributed by atoms with Gasteiger partial charge in [0.2, 0.25) is 5.71 Å². The number of aliphatic hydroxyl groups is 2. The summed E-state index contributed by atoms with van der Waals surface area (Å²) in [5.74, 6) is 0.571. The van der Waals surface area contributed by atoms with Crippen molar-refractivity contribution < 1.29 is 23.8 Å². The lowest BCUT2D eigenvalue weighted by molar-refractivity contribution is -0.0489. The minimum absolute atomic E-state index is 0.163. The predicted molar refractivity (Wildman–Crippen MR) is 64.9 cm³/mol. The highest BCUT2D eigenvalue weighted by molar-refractivity contribution is 5.72. The van der Waals surface area contributed by atoms with E-state index in [0.29, 0.717) is 11.1 Å². The molecule has 1 fully saturated rings. The number of fused-ring (bicyclic) bond motifs is 1. The number of nitrogens with zero attached hydrogens (tertiary/aromatic N) is 2. The van der Waals surface area contributed by atoms with E-state index >= 15 is 0 Å². The van der Waals surface area contributed by atoms with E-state index in [1.54, 1.807) is 13.0 Å². The van der Waals surface area contributed by atoms with E-state index in [1.807, 2.05) is 0 Å². The van der Waals surface area contributed by atoms with Crippen LogP contribution in [-0.2, 0) is 4.74 Å². The van der Waals surface area contributed by atoms with Gasteiger partial charge in [0, 0.05) is 6.20 Å². The van der Waals surface area contributed by atoms with Crippen LogP contribution in [-0.4, -0.2) is 44.8 Å². The van der Waals surface area contributed by atoms with Crippen molar-refractivity contribution in [3.05, 3.63) is 28.5 Å². The summed E-state index contributed by atoms with van der Waals surface area (Å²) < 4.78 is 25.3. The summed E-state index contributed by atoms with van der Waals surface area (Å²) in [5, 5.41) is 19.1. The predicted octanol–water partition coefficient (Wildman–Crippen LogP) is -0.113. The molecule has 7 nitrogen and oxygen atoms in total. The van der Waals surface area contributed by atoms with Gasteiger partial charge >= 0.3 is 5.69 Å². The first-order valence-electron chi connectivity index (χ1n) is 6.09. The first-order valence-corrected chi connectivity index (χ1v) is 6.09. The molecule has 1 saturated heterocycles. The van der Waals surface area contributed by atoms with Crippen molar-refractivity contribution in [2.24, 2.45) is 0 Å². The van der Waals surface area contributed by atoms with Gasteiger partial charge in [0.1, 0.15) is 18.0 Å². The van der Waals surface area contributed by atoms with Crippen LogP contribution in [0.1, 0.15) is 12.0 Å². The number of hydrogen-bond donors (Lipinski definition) is 2. The molecule has 0 aromatic carbocycles. The molecule has 2 aromatic rings. The average molecular weight is 284 g/mol. The number of aryl methyl sites for hydroxylation is 1. The highest BCUT2D eigenvalue weighted by atomic mass is 19.1. The standard InChI is InChI=1S/C12H13FN2O5/c1-5-2-6-3-15(12(18)14-10(6)19-5)11-8(13)9(17)7(4-16)20-11/h2-3,7-9,11,16-17H,4H2,1H3/t7-,8-,9-,11?/m1/s1. The maximum absolute atomic E-state index is 14.0. The van der Waals surface area contributed by atoms with Crippen molar-refractivity contribution in [2.75, 3.05) is 6.61 Å². The smallest absolute Gasteiger partial charge is 0.353 e. The summed E-state index contributed by atoms with van der Waals surface area (Å²) in [5.41, 5.74) is -0.582. The fraction of sp³-hybridized carbons (Fsp3) is 0.500. The fourth-order valence-electron chi connectivity index (χ4n) is 2.31. The molecule has 108 valence electrons. The van der Waals surface area contributed by atoms with Crippen LogP contribution in [0.25, 0.3) is 11.1 Å². The minimum Gasteiger partial charge on any atom is -0.443 e. The van der Waals surface area contributed by atoms with Gasteiger partial charge in [0.15, 0.2) is 12.4 Å². The molecule has 3 heterocycles. The zero-order valence-corrected chi connectivity index (χ0v) is 10.6. The van der Waals surface area contributed by atoms with Crippen LogP contribution in [0.2, 0.25) is 0 Å². The Morgan fingerprint density at radius 1 is 1.55 bits per heavy atom. The molecule has 0 radical (unpaired) electrons. The van der Waals surface area contributed by atoms with E-state index in [4.69, 9.17) is 14.3 Å². The third kappa shape index (κ3) is 1.92. The zero-order chi connectivity index (χ0) is 14.4. The SMILES string of the molecule is Cc1cc2cn(C3O[C@H](CO)[C@@H](O)[C@H]3F)c(=O)nc2o1. The van der Waals surface area contributed by atoms with Gasteiger partial charge in [-0.3, -0.25) is 4.57 Å². The van der Waals surface area contributed by atoms with Crippen molar-refractivity contribution in [3.63, 3.8) is 0 Å². The van der Waals surface area contributed by atoms with Crippen molar-refractivity contribution in [1.29, 1.82) is 0 Å². The molecule has 20 heavy (non-hydrogen) atoms. The quantitative estimate of drug-likeness (QED) is 0.798. The van der Waals surface area contributed by atoms with Crippen molar-refractivity contribution in [1.82, 2.24) is 9.55 Å². The number of rotatable bonds is 2. The van der Waals surface area contributed by atoms with Crippen LogP contribution >= 0.6 is 0 Å². The number of aromatic nitrogens is 2. The zero-order valence-electron chi connectivity index (χ0n) is 10.6. The maximum Gasteiger partial charge on any atom is 0.353 e. The molecule has 0 spiro atoms. The lowest BCUT2D eigenvalue weighted by Gasteiger charge is -2.15. The summed E-state index contributed by atoms with van der Waals surface area (Å²) in [6.07, 6.45) is -4.33. The molecule has 0 bridgehead atoms. The van der Waals surface area contributed by atoms with Gasteiger partial charge in [-0.05, 0) is 13.0 Å². The summed E-state index contributed by atoms with van der Waals surface area (Å²) in [6.45, 7) is 1.17. The molecule has 4 atom stereocenters. The van der Waals surface area contributed by atoms with E-state index in [1.165, 1.54) is 6.20 Å². The molecular formula is C12H13FN2O5. The van der Waals surface area contributed by atoms with Crippen molar-refractivity contribution >= 4 is 11.1 Å². The number of halogens is 1. The van der Waals surface area contributed by atoms with Crippen LogP contribution in [0.5, 0.6) is 0 Å². The normalized spacial score (nSPS) is 30.2. The molecule has 0 amide bonds. The monoisotopic (exact) mass is 284 g/mol. The van der Waals surface area contributed by atoms with Gasteiger partial charge in [0.25, 0.3) is 0 Å². The van der Waals surface area contributed by atoms with E-state index in [9.17, 15) is 14.3 Å². The molecule has 8 heteroatoms. The largest absolute Gasteiger partial charge is 0.443 e. The maximum atomic E-state index is 14.0. The highest BCUT2D eigenvalue weighted by Gasteiger charge is 2.45. The minimum atomic E-state index is -1.82. The van der Waals surface area contributed by atoms with Crippen LogP contribution in [0.15, 0.2) is 21.5 Å². The van der Waals surface area contributed by atoms with Crippen molar-refractivity contribution in [3.8, 4) is 0 Å². The van der Waals surface area contributed by atoms with E-state index < -0.39 is 36.9 Å². The second kappa shape index (κ2) is 4.65. The highest BCUT2D eigenvalue weighted by Crippen LogP contribution is 2.31. The first-order chi connectivity index (χ1) is 9.51. The summed E-state index contributed by atoms with van der Waals surface area (Å²) in [4.78, 5) is 15.6. The molecule has 0 aliphatic carbocycles. The van der Waals surface area contributed by atoms with Crippen LogP contribution in [0.4, 0.5) is 4.39 Å². The number of furan rings is 1. The van der Waals surface area contributed by atoms with Crippen molar-refractivity contribution in [2.45, 2.75) is 31.5 Å². The van der Waals surface area contributed by atoms with Crippen LogP contribution in [0, 0.1) is 6.92 Å². The van der Waals surface area contributed by atoms with Gasteiger partial charge in [-0.15, -0.1) is 0 Å². The first kappa shape index (κ1) is 13.2. The van der Waals surface area contributed by atoms with E-state index in [-0.39, 0.29) is 5.71 Å². The molecule has 0 saturated carbocycles. The molecule has 2 aromatic heterocycles. The Morgan fingerprint density at radius 3 is 2.95 bits per heavy atom. The summed E-state index contributed by atoms with van der Waals surface area (Å²) in [6, 6.07) is 1.65. The molecule has 1 aliphatic rings. The van der Waals surface area contributed by atoms with Gasteiger partial charge in [-0.25, -0.2) is 9.18 Å². The number of hydrogen-bond acceptors (Lipinski definition) is 6. The Bertz CT molecular complexity index is 697. The summed E-state index contributed by atoms with van der Waals surface area (Å²) in [7, 11) is 0. The molecular weight excluding hydrogens is 271 g/mol. The van der Waals surface area contributed by atoms with Crippen LogP contribution in [0.3, 0.4) is 0 Å².